The molecule has 0 bridgehead atoms. The number of amides is 1. The average molecular weight is 317 g/mol. The van der Waals surface area contributed by atoms with E-state index < -0.39 is 6.09 Å². The molecule has 0 saturated carbocycles. The second kappa shape index (κ2) is 5.80. The van der Waals surface area contributed by atoms with Gasteiger partial charge in [0.2, 0.25) is 0 Å². The molecular weight excluding hydrogens is 302 g/mol. The summed E-state index contributed by atoms with van der Waals surface area (Å²) in [5, 5.41) is 4.69. The fourth-order valence-corrected chi connectivity index (χ4v) is 2.53. The Balaban J connectivity index is 1.91. The van der Waals surface area contributed by atoms with Crippen molar-refractivity contribution >= 4 is 29.6 Å². The fourth-order valence-electron chi connectivity index (χ4n) is 2.14. The van der Waals surface area contributed by atoms with E-state index in [1.807, 2.05) is 26.0 Å². The number of ether oxygens (including phenoxy) is 1. The van der Waals surface area contributed by atoms with Crippen LogP contribution in [0.25, 0.3) is 5.69 Å². The molecule has 0 radical (unpaired) electrons. The van der Waals surface area contributed by atoms with Crippen molar-refractivity contribution in [3.63, 3.8) is 0 Å². The summed E-state index contributed by atoms with van der Waals surface area (Å²) in [5.74, 6) is 0. The lowest BCUT2D eigenvalue weighted by atomic mass is 10.3. The third kappa shape index (κ3) is 2.69. The Morgan fingerprint density at radius 3 is 3.00 bits per heavy atom. The molecule has 1 atom stereocenters. The molecule has 2 aromatic rings. The average Bonchev–Trinajstić information content (AvgIpc) is 3.03. The summed E-state index contributed by atoms with van der Waals surface area (Å²) < 4.78 is 6.66. The van der Waals surface area contributed by atoms with Gasteiger partial charge >= 0.3 is 6.09 Å². The lowest BCUT2D eigenvalue weighted by Crippen LogP contribution is -2.34. The Morgan fingerprint density at radius 1 is 1.55 bits per heavy atom. The summed E-state index contributed by atoms with van der Waals surface area (Å²) >= 11 is 4.32. The van der Waals surface area contributed by atoms with Crippen molar-refractivity contribution in [1.82, 2.24) is 19.7 Å². The minimum Gasteiger partial charge on any atom is -0.447 e. The zero-order chi connectivity index (χ0) is 15.7. The van der Waals surface area contributed by atoms with E-state index in [1.54, 1.807) is 23.3 Å². The number of aliphatic imine (C=N–C) groups is 1. The van der Waals surface area contributed by atoms with E-state index in [0.29, 0.717) is 17.5 Å². The molecule has 22 heavy (non-hydrogen) atoms. The van der Waals surface area contributed by atoms with Gasteiger partial charge in [-0.2, -0.15) is 5.10 Å². The van der Waals surface area contributed by atoms with E-state index in [0.717, 1.165) is 11.4 Å². The van der Waals surface area contributed by atoms with Crippen LogP contribution in [0, 0.1) is 6.92 Å². The number of thiol groups is 1. The molecule has 0 aliphatic carbocycles. The van der Waals surface area contributed by atoms with Crippen LogP contribution in [-0.2, 0) is 4.74 Å². The summed E-state index contributed by atoms with van der Waals surface area (Å²) in [6.45, 7) is 4.06. The number of nitrogens with zero attached hydrogens (tertiary/aromatic N) is 5. The van der Waals surface area contributed by atoms with Crippen LogP contribution in [0.5, 0.6) is 0 Å². The van der Waals surface area contributed by atoms with Crippen LogP contribution in [0.3, 0.4) is 0 Å². The number of aryl methyl sites for hydroxylation is 1. The largest absolute Gasteiger partial charge is 0.447 e. The van der Waals surface area contributed by atoms with E-state index in [1.165, 1.54) is 4.90 Å². The van der Waals surface area contributed by atoms with Crippen LogP contribution in [0.15, 0.2) is 35.7 Å². The van der Waals surface area contributed by atoms with Gasteiger partial charge in [-0.25, -0.2) is 19.4 Å². The highest BCUT2D eigenvalue weighted by Crippen LogP contribution is 2.22. The van der Waals surface area contributed by atoms with Crippen molar-refractivity contribution in [2.75, 3.05) is 6.61 Å². The Morgan fingerprint density at radius 2 is 2.36 bits per heavy atom. The molecule has 2 aromatic heterocycles. The van der Waals surface area contributed by atoms with Gasteiger partial charge in [0, 0.05) is 6.20 Å². The van der Waals surface area contributed by atoms with Crippen molar-refractivity contribution in [3.8, 4) is 5.69 Å². The summed E-state index contributed by atoms with van der Waals surface area (Å²) in [6, 6.07) is 3.65. The van der Waals surface area contributed by atoms with Gasteiger partial charge in [-0.05, 0) is 26.0 Å². The smallest absolute Gasteiger partial charge is 0.416 e. The van der Waals surface area contributed by atoms with Crippen molar-refractivity contribution in [3.05, 3.63) is 36.4 Å². The van der Waals surface area contributed by atoms with E-state index in [-0.39, 0.29) is 6.04 Å². The highest BCUT2D eigenvalue weighted by Gasteiger charge is 2.32. The van der Waals surface area contributed by atoms with Gasteiger partial charge < -0.3 is 4.74 Å². The molecule has 3 rings (SSSR count). The number of hydrogen-bond acceptors (Lipinski definition) is 5. The normalized spacial score (nSPS) is 18.7. The summed E-state index contributed by atoms with van der Waals surface area (Å²) in [4.78, 5) is 21.5. The predicted molar refractivity (Wildman–Crippen MR) is 84.8 cm³/mol. The fraction of sp³-hybridized carbons (Fsp3) is 0.286. The molecule has 1 fully saturated rings. The maximum atomic E-state index is 11.7. The standard InChI is InChI=1S/C14H15N5O2S/c1-9-8-21-14(20)19(9)13(22)16-12-7-18(17-10(12)2)11-4-3-5-15-6-11/h3-7,9H,8H2,1-2H3,(H,16,22). The minimum atomic E-state index is -0.432. The number of aromatic nitrogens is 3. The summed E-state index contributed by atoms with van der Waals surface area (Å²) in [7, 11) is 0. The van der Waals surface area contributed by atoms with Crippen LogP contribution in [0.4, 0.5) is 10.5 Å². The Kier molecular flexibility index (Phi) is 3.84. The van der Waals surface area contributed by atoms with Crippen molar-refractivity contribution < 1.29 is 9.53 Å². The third-order valence-corrected chi connectivity index (χ3v) is 3.62. The van der Waals surface area contributed by atoms with Gasteiger partial charge in [0.15, 0.2) is 5.17 Å². The molecule has 1 saturated heterocycles. The zero-order valence-electron chi connectivity index (χ0n) is 12.2. The first-order valence-corrected chi connectivity index (χ1v) is 7.21. The molecule has 0 N–H and O–H groups in total. The van der Waals surface area contributed by atoms with E-state index in [2.05, 4.69) is 27.7 Å². The lowest BCUT2D eigenvalue weighted by Gasteiger charge is -2.15. The third-order valence-electron chi connectivity index (χ3n) is 3.30. The SMILES string of the molecule is Cc1nn(-c2cccnc2)cc1N=C(S)N1C(=O)OCC1C. The minimum absolute atomic E-state index is 0.0857. The highest BCUT2D eigenvalue weighted by molar-refractivity contribution is 7.96. The maximum absolute atomic E-state index is 11.7. The second-order valence-electron chi connectivity index (χ2n) is 4.96. The first-order valence-electron chi connectivity index (χ1n) is 6.76. The molecule has 0 aromatic carbocycles. The van der Waals surface area contributed by atoms with E-state index in [4.69, 9.17) is 4.74 Å². The van der Waals surface area contributed by atoms with Gasteiger partial charge in [-0.3, -0.25) is 4.98 Å². The zero-order valence-corrected chi connectivity index (χ0v) is 13.1. The molecule has 1 unspecified atom stereocenters. The first kappa shape index (κ1) is 14.6. The number of carbonyl (C=O) groups is 1. The lowest BCUT2D eigenvalue weighted by molar-refractivity contribution is 0.169. The molecule has 1 aliphatic heterocycles. The quantitative estimate of drug-likeness (QED) is 0.524. The molecule has 3 heterocycles. The van der Waals surface area contributed by atoms with Crippen LogP contribution in [0.1, 0.15) is 12.6 Å². The molecule has 1 aliphatic rings. The maximum Gasteiger partial charge on any atom is 0.416 e. The van der Waals surface area contributed by atoms with Gasteiger partial charge in [-0.15, -0.1) is 12.6 Å². The van der Waals surface area contributed by atoms with Gasteiger partial charge in [0.05, 0.1) is 29.8 Å². The number of hydrogen-bond donors (Lipinski definition) is 1. The predicted octanol–water partition coefficient (Wildman–Crippen LogP) is 2.33. The first-order chi connectivity index (χ1) is 10.6. The number of rotatable bonds is 2. The topological polar surface area (TPSA) is 72.6 Å². The molecule has 114 valence electrons. The van der Waals surface area contributed by atoms with E-state index >= 15 is 0 Å². The van der Waals surface area contributed by atoms with Gasteiger partial charge in [0.25, 0.3) is 0 Å². The van der Waals surface area contributed by atoms with Gasteiger partial charge in [-0.1, -0.05) is 0 Å². The second-order valence-corrected chi connectivity index (χ2v) is 5.36. The van der Waals surface area contributed by atoms with Crippen LogP contribution in [0.2, 0.25) is 0 Å². The molecule has 1 amide bonds. The number of amidine groups is 1. The molecule has 8 heteroatoms. The monoisotopic (exact) mass is 317 g/mol. The Hall–Kier alpha value is -2.35. The van der Waals surface area contributed by atoms with Crippen molar-refractivity contribution in [1.29, 1.82) is 0 Å². The van der Waals surface area contributed by atoms with E-state index in [9.17, 15) is 4.79 Å². The van der Waals surface area contributed by atoms with Crippen LogP contribution in [-0.4, -0.2) is 43.6 Å². The Labute approximate surface area is 133 Å². The number of pyridine rings is 1. The Bertz CT molecular complexity index is 728. The van der Waals surface area contributed by atoms with Crippen LogP contribution >= 0.6 is 12.6 Å². The highest BCUT2D eigenvalue weighted by atomic mass is 32.1. The summed E-state index contributed by atoms with van der Waals surface area (Å²) in [5.41, 5.74) is 2.21. The molecule has 7 nitrogen and oxygen atoms in total. The molecular formula is C14H15N5O2S. The van der Waals surface area contributed by atoms with Crippen LogP contribution < -0.4 is 0 Å². The van der Waals surface area contributed by atoms with Crippen molar-refractivity contribution in [2.24, 2.45) is 4.99 Å². The molecule has 0 spiro atoms. The number of carbonyl (C=O) groups excluding carboxylic acids is 1. The van der Waals surface area contributed by atoms with Crippen molar-refractivity contribution in [2.45, 2.75) is 19.9 Å². The van der Waals surface area contributed by atoms with Gasteiger partial charge in [0.1, 0.15) is 12.3 Å². The summed E-state index contributed by atoms with van der Waals surface area (Å²) in [6.07, 6.45) is 4.75. The number of cyclic esters (lactones) is 1.